The zero-order chi connectivity index (χ0) is 11.0. The maximum atomic E-state index is 11.7. The van der Waals surface area contributed by atoms with E-state index in [2.05, 4.69) is 0 Å². The van der Waals surface area contributed by atoms with Gasteiger partial charge in [-0.1, -0.05) is 11.3 Å². The molecule has 2 rings (SSSR count). The molecule has 5 nitrogen and oxygen atoms in total. The number of hydrogen-bond acceptors (Lipinski definition) is 5. The van der Waals surface area contributed by atoms with Crippen molar-refractivity contribution in [3.8, 4) is 5.88 Å². The van der Waals surface area contributed by atoms with Gasteiger partial charge in [0, 0.05) is 6.54 Å². The summed E-state index contributed by atoms with van der Waals surface area (Å²) in [7, 11) is 1.87. The van der Waals surface area contributed by atoms with Gasteiger partial charge in [0.1, 0.15) is 6.04 Å². The van der Waals surface area contributed by atoms with Crippen LogP contribution in [-0.2, 0) is 4.79 Å². The van der Waals surface area contributed by atoms with Crippen molar-refractivity contribution < 1.29 is 9.90 Å². The number of carbonyl (C=O) groups is 1. The first-order chi connectivity index (χ1) is 7.09. The first-order valence-electron chi connectivity index (χ1n) is 4.70. The lowest BCUT2D eigenvalue weighted by Gasteiger charge is -2.28. The number of likely N-dealkylation sites (tertiary alicyclic amines) is 1. The zero-order valence-electron chi connectivity index (χ0n) is 8.34. The largest absolute Gasteiger partial charge is 0.494 e. The van der Waals surface area contributed by atoms with Crippen molar-refractivity contribution >= 4 is 17.1 Å². The predicted molar refractivity (Wildman–Crippen MR) is 56.4 cm³/mol. The van der Waals surface area contributed by atoms with Crippen molar-refractivity contribution in [2.45, 2.75) is 12.5 Å². The van der Waals surface area contributed by atoms with E-state index in [1.807, 2.05) is 11.9 Å². The lowest BCUT2D eigenvalue weighted by molar-refractivity contribution is -0.125. The first-order valence-corrected chi connectivity index (χ1v) is 5.58. The SMILES string of the molecule is CN1CCC(n2c(O)csc2=O)C(=O)C1. The molecule has 0 radical (unpaired) electrons. The number of hydrogen-bond donors (Lipinski definition) is 1. The van der Waals surface area contributed by atoms with Gasteiger partial charge in [-0.2, -0.15) is 0 Å². The molecule has 1 aromatic rings. The van der Waals surface area contributed by atoms with Crippen LogP contribution in [0, 0.1) is 0 Å². The molecule has 2 heterocycles. The molecule has 1 fully saturated rings. The van der Waals surface area contributed by atoms with Gasteiger partial charge in [0.2, 0.25) is 5.88 Å². The van der Waals surface area contributed by atoms with E-state index in [1.54, 1.807) is 0 Å². The molecule has 1 saturated heterocycles. The molecule has 1 aromatic heterocycles. The average Bonchev–Trinajstić information content (AvgIpc) is 2.48. The van der Waals surface area contributed by atoms with Crippen molar-refractivity contribution in [1.82, 2.24) is 9.47 Å². The van der Waals surface area contributed by atoms with Gasteiger partial charge in [0.05, 0.1) is 11.9 Å². The molecule has 0 aliphatic carbocycles. The van der Waals surface area contributed by atoms with Crippen molar-refractivity contribution in [2.75, 3.05) is 20.1 Å². The lowest BCUT2D eigenvalue weighted by atomic mass is 10.0. The van der Waals surface area contributed by atoms with Crippen LogP contribution in [0.2, 0.25) is 0 Å². The summed E-state index contributed by atoms with van der Waals surface area (Å²) in [5.41, 5.74) is 0. The summed E-state index contributed by atoms with van der Waals surface area (Å²) in [4.78, 5) is 24.8. The molecule has 82 valence electrons. The summed E-state index contributed by atoms with van der Waals surface area (Å²) >= 11 is 0.919. The summed E-state index contributed by atoms with van der Waals surface area (Å²) < 4.78 is 1.19. The average molecular weight is 228 g/mol. The fourth-order valence-corrected chi connectivity index (χ4v) is 2.48. The molecule has 1 atom stereocenters. The number of aromatic hydroxyl groups is 1. The third kappa shape index (κ3) is 1.82. The number of rotatable bonds is 1. The topological polar surface area (TPSA) is 62.5 Å². The number of thiazole rings is 1. The van der Waals surface area contributed by atoms with E-state index in [4.69, 9.17) is 0 Å². The zero-order valence-corrected chi connectivity index (χ0v) is 9.16. The third-order valence-corrected chi connectivity index (χ3v) is 3.33. The van der Waals surface area contributed by atoms with Crippen LogP contribution in [0.5, 0.6) is 5.88 Å². The van der Waals surface area contributed by atoms with Gasteiger partial charge in [-0.3, -0.25) is 19.1 Å². The Bertz CT molecular complexity index is 437. The molecule has 1 N–H and O–H groups in total. The quantitative estimate of drug-likeness (QED) is 0.738. The maximum absolute atomic E-state index is 11.7. The van der Waals surface area contributed by atoms with Crippen molar-refractivity contribution in [2.24, 2.45) is 0 Å². The Kier molecular flexibility index (Phi) is 2.62. The Labute approximate surface area is 90.6 Å². The Hall–Kier alpha value is -1.14. The number of Topliss-reactive ketones (excluding diaryl/α,β-unsaturated/α-hetero) is 1. The molecule has 1 aliphatic rings. The van der Waals surface area contributed by atoms with Gasteiger partial charge in [-0.15, -0.1) is 0 Å². The summed E-state index contributed by atoms with van der Waals surface area (Å²) in [6.45, 7) is 1.10. The highest BCUT2D eigenvalue weighted by Gasteiger charge is 2.29. The smallest absolute Gasteiger partial charge is 0.310 e. The second-order valence-electron chi connectivity index (χ2n) is 3.74. The highest BCUT2D eigenvalue weighted by Crippen LogP contribution is 2.23. The Morgan fingerprint density at radius 3 is 2.80 bits per heavy atom. The van der Waals surface area contributed by atoms with E-state index in [0.29, 0.717) is 13.0 Å². The molecule has 6 heteroatoms. The Balaban J connectivity index is 2.32. The van der Waals surface area contributed by atoms with Crippen LogP contribution in [0.1, 0.15) is 12.5 Å². The fourth-order valence-electron chi connectivity index (χ4n) is 1.82. The number of nitrogens with zero attached hydrogens (tertiary/aromatic N) is 2. The standard InChI is InChI=1S/C9H12N2O3S/c1-10-3-2-6(7(12)4-10)11-8(13)5-15-9(11)14/h5-6,13H,2-4H2,1H3. The van der Waals surface area contributed by atoms with E-state index in [1.165, 1.54) is 9.95 Å². The summed E-state index contributed by atoms with van der Waals surface area (Å²) in [5, 5.41) is 10.8. The molecule has 0 bridgehead atoms. The Morgan fingerprint density at radius 2 is 2.27 bits per heavy atom. The number of likely N-dealkylation sites (N-methyl/N-ethyl adjacent to an activating group) is 1. The first kappa shape index (κ1) is 10.4. The molecule has 0 aromatic carbocycles. The lowest BCUT2D eigenvalue weighted by Crippen LogP contribution is -2.41. The molecule has 0 saturated carbocycles. The van der Waals surface area contributed by atoms with Gasteiger partial charge >= 0.3 is 4.87 Å². The summed E-state index contributed by atoms with van der Waals surface area (Å²) in [6.07, 6.45) is 0.583. The van der Waals surface area contributed by atoms with Crippen LogP contribution in [-0.4, -0.2) is 40.5 Å². The van der Waals surface area contributed by atoms with Gasteiger partial charge in [0.25, 0.3) is 0 Å². The van der Waals surface area contributed by atoms with Crippen molar-refractivity contribution in [3.63, 3.8) is 0 Å². The third-order valence-electron chi connectivity index (χ3n) is 2.60. The predicted octanol–water partition coefficient (Wildman–Crippen LogP) is 0.0611. The van der Waals surface area contributed by atoms with Gasteiger partial charge in [0.15, 0.2) is 5.78 Å². The highest BCUT2D eigenvalue weighted by atomic mass is 32.1. The van der Waals surface area contributed by atoms with Crippen LogP contribution >= 0.6 is 11.3 Å². The minimum absolute atomic E-state index is 0.0143. The fraction of sp³-hybridized carbons (Fsp3) is 0.556. The monoisotopic (exact) mass is 228 g/mol. The molecule has 1 aliphatic heterocycles. The minimum atomic E-state index is -0.486. The molecule has 1 unspecified atom stereocenters. The summed E-state index contributed by atoms with van der Waals surface area (Å²) in [6, 6.07) is -0.486. The molecular formula is C9H12N2O3S. The number of aromatic nitrogens is 1. The normalized spacial score (nSPS) is 23.3. The number of piperidine rings is 1. The van der Waals surface area contributed by atoms with Crippen LogP contribution in [0.4, 0.5) is 0 Å². The Morgan fingerprint density at radius 1 is 1.53 bits per heavy atom. The van der Waals surface area contributed by atoms with Crippen molar-refractivity contribution in [3.05, 3.63) is 15.0 Å². The van der Waals surface area contributed by atoms with E-state index in [-0.39, 0.29) is 16.5 Å². The highest BCUT2D eigenvalue weighted by molar-refractivity contribution is 7.07. The van der Waals surface area contributed by atoms with Gasteiger partial charge < -0.3 is 5.11 Å². The van der Waals surface area contributed by atoms with Crippen LogP contribution < -0.4 is 4.87 Å². The number of carbonyl (C=O) groups excluding carboxylic acids is 1. The molecule has 0 amide bonds. The van der Waals surface area contributed by atoms with Crippen molar-refractivity contribution in [1.29, 1.82) is 0 Å². The van der Waals surface area contributed by atoms with E-state index >= 15 is 0 Å². The summed E-state index contributed by atoms with van der Waals surface area (Å²) in [5.74, 6) is -0.118. The molecule has 15 heavy (non-hydrogen) atoms. The minimum Gasteiger partial charge on any atom is -0.494 e. The molecular weight excluding hydrogens is 216 g/mol. The van der Waals surface area contributed by atoms with E-state index in [9.17, 15) is 14.7 Å². The van der Waals surface area contributed by atoms with Crippen LogP contribution in [0.3, 0.4) is 0 Å². The maximum Gasteiger partial charge on any atom is 0.310 e. The second kappa shape index (κ2) is 3.79. The van der Waals surface area contributed by atoms with Gasteiger partial charge in [-0.25, -0.2) is 0 Å². The molecule has 0 spiro atoms. The number of ketones is 1. The van der Waals surface area contributed by atoms with E-state index in [0.717, 1.165) is 17.9 Å². The van der Waals surface area contributed by atoms with E-state index < -0.39 is 6.04 Å². The van der Waals surface area contributed by atoms with Gasteiger partial charge in [-0.05, 0) is 13.5 Å². The van der Waals surface area contributed by atoms with Crippen LogP contribution in [0.15, 0.2) is 10.2 Å². The second-order valence-corrected chi connectivity index (χ2v) is 4.56. The van der Waals surface area contributed by atoms with Crippen LogP contribution in [0.25, 0.3) is 0 Å².